The van der Waals surface area contributed by atoms with Crippen LogP contribution in [-0.2, 0) is 13.6 Å². The molecular formula is C11H14N4. The molecule has 2 aromatic heterocycles. The van der Waals surface area contributed by atoms with E-state index in [2.05, 4.69) is 10.1 Å². The van der Waals surface area contributed by atoms with Gasteiger partial charge in [0.15, 0.2) is 0 Å². The van der Waals surface area contributed by atoms with Crippen LogP contribution in [0.3, 0.4) is 0 Å². The zero-order valence-corrected chi connectivity index (χ0v) is 8.94. The van der Waals surface area contributed by atoms with Crippen molar-refractivity contribution in [3.8, 4) is 11.3 Å². The lowest BCUT2D eigenvalue weighted by molar-refractivity contribution is 0.706. The van der Waals surface area contributed by atoms with Gasteiger partial charge in [-0.1, -0.05) is 6.07 Å². The van der Waals surface area contributed by atoms with Gasteiger partial charge in [-0.05, 0) is 19.1 Å². The molecule has 0 aliphatic heterocycles. The average Bonchev–Trinajstić information content (AvgIpc) is 2.54. The van der Waals surface area contributed by atoms with Crippen molar-refractivity contribution in [1.82, 2.24) is 14.8 Å². The van der Waals surface area contributed by atoms with Crippen LogP contribution < -0.4 is 5.73 Å². The second-order valence-electron chi connectivity index (χ2n) is 3.45. The summed E-state index contributed by atoms with van der Waals surface area (Å²) >= 11 is 0. The molecular weight excluding hydrogens is 188 g/mol. The van der Waals surface area contributed by atoms with E-state index in [0.29, 0.717) is 6.54 Å². The van der Waals surface area contributed by atoms with E-state index in [1.165, 1.54) is 0 Å². The van der Waals surface area contributed by atoms with Gasteiger partial charge in [-0.25, -0.2) is 0 Å². The normalized spacial score (nSPS) is 10.6. The molecule has 2 aromatic rings. The van der Waals surface area contributed by atoms with Gasteiger partial charge >= 0.3 is 0 Å². The van der Waals surface area contributed by atoms with Gasteiger partial charge in [0.05, 0.1) is 17.1 Å². The van der Waals surface area contributed by atoms with Crippen molar-refractivity contribution in [2.24, 2.45) is 12.8 Å². The van der Waals surface area contributed by atoms with Crippen LogP contribution in [0, 0.1) is 6.92 Å². The molecule has 2 rings (SSSR count). The van der Waals surface area contributed by atoms with E-state index in [1.807, 2.05) is 36.9 Å². The highest BCUT2D eigenvalue weighted by Gasteiger charge is 2.13. The molecule has 0 saturated heterocycles. The van der Waals surface area contributed by atoms with Gasteiger partial charge in [-0.2, -0.15) is 5.10 Å². The third kappa shape index (κ3) is 1.64. The predicted octanol–water partition coefficient (Wildman–Crippen LogP) is 1.25. The maximum atomic E-state index is 5.71. The van der Waals surface area contributed by atoms with Gasteiger partial charge in [0.2, 0.25) is 0 Å². The maximum Gasteiger partial charge on any atom is 0.0739 e. The Morgan fingerprint density at radius 1 is 1.40 bits per heavy atom. The summed E-state index contributed by atoms with van der Waals surface area (Å²) < 4.78 is 1.82. The summed E-state index contributed by atoms with van der Waals surface area (Å²) in [6.07, 6.45) is 1.78. The molecule has 78 valence electrons. The first-order chi connectivity index (χ1) is 7.24. The minimum absolute atomic E-state index is 0.475. The van der Waals surface area contributed by atoms with Crippen LogP contribution in [-0.4, -0.2) is 14.8 Å². The molecule has 0 bridgehead atoms. The van der Waals surface area contributed by atoms with Crippen molar-refractivity contribution in [1.29, 1.82) is 0 Å². The van der Waals surface area contributed by atoms with Gasteiger partial charge in [0.25, 0.3) is 0 Å². The largest absolute Gasteiger partial charge is 0.325 e. The van der Waals surface area contributed by atoms with E-state index >= 15 is 0 Å². The summed E-state index contributed by atoms with van der Waals surface area (Å²) in [4.78, 5) is 4.32. The number of hydrogen-bond donors (Lipinski definition) is 1. The summed E-state index contributed by atoms with van der Waals surface area (Å²) in [7, 11) is 1.90. The van der Waals surface area contributed by atoms with Crippen LogP contribution in [0.15, 0.2) is 24.4 Å². The van der Waals surface area contributed by atoms with E-state index in [0.717, 1.165) is 22.6 Å². The fraction of sp³-hybridized carbons (Fsp3) is 0.273. The molecule has 15 heavy (non-hydrogen) atoms. The van der Waals surface area contributed by atoms with Crippen LogP contribution in [0.1, 0.15) is 11.4 Å². The van der Waals surface area contributed by atoms with Crippen molar-refractivity contribution in [2.45, 2.75) is 13.5 Å². The third-order valence-electron chi connectivity index (χ3n) is 2.46. The number of nitrogens with two attached hydrogens (primary N) is 1. The Balaban J connectivity index is 2.62. The second kappa shape index (κ2) is 3.82. The molecule has 0 spiro atoms. The molecule has 2 N–H and O–H groups in total. The van der Waals surface area contributed by atoms with E-state index in [9.17, 15) is 0 Å². The summed E-state index contributed by atoms with van der Waals surface area (Å²) in [5.41, 5.74) is 9.69. The molecule has 2 heterocycles. The van der Waals surface area contributed by atoms with E-state index in [-0.39, 0.29) is 0 Å². The summed E-state index contributed by atoms with van der Waals surface area (Å²) in [6.45, 7) is 2.45. The number of hydrogen-bond acceptors (Lipinski definition) is 3. The Bertz CT molecular complexity index is 459. The topological polar surface area (TPSA) is 56.7 Å². The van der Waals surface area contributed by atoms with E-state index < -0.39 is 0 Å². The average molecular weight is 202 g/mol. The summed E-state index contributed by atoms with van der Waals surface area (Å²) in [5.74, 6) is 0. The molecule has 4 heteroatoms. The molecule has 0 radical (unpaired) electrons. The Kier molecular flexibility index (Phi) is 2.51. The number of nitrogens with zero attached hydrogens (tertiary/aromatic N) is 3. The third-order valence-corrected chi connectivity index (χ3v) is 2.46. The molecule has 0 aliphatic rings. The van der Waals surface area contributed by atoms with E-state index in [1.54, 1.807) is 6.20 Å². The summed E-state index contributed by atoms with van der Waals surface area (Å²) in [6, 6.07) is 5.84. The van der Waals surface area contributed by atoms with Crippen molar-refractivity contribution < 1.29 is 0 Å². The molecule has 0 aromatic carbocycles. The molecule has 0 saturated carbocycles. The smallest absolute Gasteiger partial charge is 0.0739 e. The Morgan fingerprint density at radius 3 is 2.80 bits per heavy atom. The first-order valence-corrected chi connectivity index (χ1v) is 4.88. The second-order valence-corrected chi connectivity index (χ2v) is 3.45. The monoisotopic (exact) mass is 202 g/mol. The fourth-order valence-corrected chi connectivity index (χ4v) is 1.78. The van der Waals surface area contributed by atoms with Crippen molar-refractivity contribution in [3.05, 3.63) is 35.8 Å². The van der Waals surface area contributed by atoms with Crippen LogP contribution in [0.5, 0.6) is 0 Å². The quantitative estimate of drug-likeness (QED) is 0.797. The van der Waals surface area contributed by atoms with Crippen LogP contribution in [0.2, 0.25) is 0 Å². The number of aryl methyl sites for hydroxylation is 2. The lowest BCUT2D eigenvalue weighted by Crippen LogP contribution is -2.05. The van der Waals surface area contributed by atoms with Gasteiger partial charge < -0.3 is 5.73 Å². The number of aromatic nitrogens is 3. The molecule has 0 unspecified atom stereocenters. The zero-order chi connectivity index (χ0) is 10.8. The summed E-state index contributed by atoms with van der Waals surface area (Å²) in [5, 5.41) is 4.35. The lowest BCUT2D eigenvalue weighted by Gasteiger charge is -2.02. The molecule has 0 aliphatic carbocycles. The highest BCUT2D eigenvalue weighted by atomic mass is 15.3. The van der Waals surface area contributed by atoms with E-state index in [4.69, 9.17) is 5.73 Å². The highest BCUT2D eigenvalue weighted by molar-refractivity contribution is 5.64. The minimum atomic E-state index is 0.475. The zero-order valence-electron chi connectivity index (χ0n) is 8.94. The van der Waals surface area contributed by atoms with Gasteiger partial charge in [-0.3, -0.25) is 9.67 Å². The minimum Gasteiger partial charge on any atom is -0.325 e. The SMILES string of the molecule is Cc1nn(C)c(CN)c1-c1ccccn1. The Hall–Kier alpha value is -1.68. The highest BCUT2D eigenvalue weighted by Crippen LogP contribution is 2.24. The van der Waals surface area contributed by atoms with Gasteiger partial charge in [0.1, 0.15) is 0 Å². The molecule has 4 nitrogen and oxygen atoms in total. The Morgan fingerprint density at radius 2 is 2.20 bits per heavy atom. The predicted molar refractivity (Wildman–Crippen MR) is 59.1 cm³/mol. The lowest BCUT2D eigenvalue weighted by atomic mass is 10.1. The van der Waals surface area contributed by atoms with Crippen LogP contribution in [0.4, 0.5) is 0 Å². The first kappa shape index (κ1) is 9.86. The van der Waals surface area contributed by atoms with Gasteiger partial charge in [0, 0.05) is 25.4 Å². The molecule has 0 amide bonds. The van der Waals surface area contributed by atoms with Crippen LogP contribution in [0.25, 0.3) is 11.3 Å². The van der Waals surface area contributed by atoms with Crippen molar-refractivity contribution in [2.75, 3.05) is 0 Å². The Labute approximate surface area is 88.8 Å². The first-order valence-electron chi connectivity index (χ1n) is 4.88. The van der Waals surface area contributed by atoms with Crippen molar-refractivity contribution >= 4 is 0 Å². The number of rotatable bonds is 2. The van der Waals surface area contributed by atoms with Crippen molar-refractivity contribution in [3.63, 3.8) is 0 Å². The standard InChI is InChI=1S/C11H14N4/c1-8-11(9-5-3-4-6-13-9)10(7-12)15(2)14-8/h3-6H,7,12H2,1-2H3. The molecule has 0 atom stereocenters. The molecule has 0 fully saturated rings. The van der Waals surface area contributed by atoms with Gasteiger partial charge in [-0.15, -0.1) is 0 Å². The maximum absolute atomic E-state index is 5.71. The fourth-order valence-electron chi connectivity index (χ4n) is 1.78. The number of pyridine rings is 1. The van der Waals surface area contributed by atoms with Crippen LogP contribution >= 0.6 is 0 Å².